The quantitative estimate of drug-likeness (QED) is 0.0757. The Bertz CT molecular complexity index is 3180. The Balaban J connectivity index is 0.800. The van der Waals surface area contributed by atoms with Crippen molar-refractivity contribution in [2.75, 3.05) is 86.7 Å². The van der Waals surface area contributed by atoms with Crippen molar-refractivity contribution in [1.29, 1.82) is 0 Å². The summed E-state index contributed by atoms with van der Waals surface area (Å²) < 4.78 is 36.8. The molecule has 20 heteroatoms. The molecular formula is C52H54BrFN11O6P. The summed E-state index contributed by atoms with van der Waals surface area (Å²) in [6.07, 6.45) is 7.68. The number of halogens is 2. The Morgan fingerprint density at radius 2 is 1.57 bits per heavy atom. The zero-order valence-electron chi connectivity index (χ0n) is 40.3. The molecule has 2 aromatic heterocycles. The van der Waals surface area contributed by atoms with Gasteiger partial charge in [0.15, 0.2) is 0 Å². The number of piperidine rings is 2. The molecule has 0 spiro atoms. The SMILES string of the molecule is COc1cc(N2CCC(CN3CCN(c4ccc5c(c4)C(=O)N([C@@H]4CCC(=O)NC4=O)C5=O)CC3)CC2)c(-c2cnn(C)c2)cc1Nc1ncc(Br)c(Nc2ccc(-c3ccccc3F)cc2P(C)(C)=O)n1. The number of hydrogen-bond acceptors (Lipinski definition) is 14. The summed E-state index contributed by atoms with van der Waals surface area (Å²) in [6, 6.07) is 20.3. The van der Waals surface area contributed by atoms with Crippen LogP contribution >= 0.6 is 23.1 Å². The van der Waals surface area contributed by atoms with E-state index in [1.54, 1.807) is 79.8 Å². The van der Waals surface area contributed by atoms with Crippen LogP contribution < -0.4 is 35.8 Å². The van der Waals surface area contributed by atoms with Gasteiger partial charge in [-0.3, -0.25) is 39.0 Å². The molecule has 372 valence electrons. The van der Waals surface area contributed by atoms with Crippen LogP contribution in [0.4, 0.5) is 38.9 Å². The van der Waals surface area contributed by atoms with Crippen LogP contribution in [0.3, 0.4) is 0 Å². The van der Waals surface area contributed by atoms with Crippen LogP contribution in [0, 0.1) is 11.7 Å². The monoisotopic (exact) mass is 1060 g/mol. The fourth-order valence-electron chi connectivity index (χ4n) is 10.2. The molecule has 4 aliphatic heterocycles. The van der Waals surface area contributed by atoms with Crippen molar-refractivity contribution in [1.82, 2.24) is 34.9 Å². The van der Waals surface area contributed by atoms with E-state index in [0.29, 0.717) is 55.7 Å². The molecule has 10 rings (SSSR count). The molecule has 0 bridgehead atoms. The number of nitrogens with one attached hydrogen (secondary N) is 3. The maximum absolute atomic E-state index is 14.8. The van der Waals surface area contributed by atoms with Crippen molar-refractivity contribution in [2.45, 2.75) is 31.7 Å². The third-order valence-electron chi connectivity index (χ3n) is 14.0. The van der Waals surface area contributed by atoms with Crippen LogP contribution in [-0.2, 0) is 21.2 Å². The minimum absolute atomic E-state index is 0.0766. The number of aromatic nitrogens is 4. The Morgan fingerprint density at radius 3 is 2.28 bits per heavy atom. The standard InChI is InChI=1S/C52H54BrFN11O6P/c1-61-30-33(27-56-61)37-25-42(58-52-55-28-39(53)48(60-52)57-41-12-9-32(23-46(41)72(3,4)70)35-7-5-6-8-40(35)54)45(71-2)26-44(37)64-17-15-31(16-18-64)29-62-19-21-63(22-20-62)34-10-11-36-38(24-34)51(69)65(50(36)68)43-13-14-47(66)59-49(43)67/h5-12,23-28,30-31,43H,13-22,29H2,1-4H3,(H,59,66,67)(H2,55,57,58,60)/t43-/m1/s1. The molecule has 6 aromatic rings. The first-order valence-electron chi connectivity index (χ1n) is 23.9. The number of hydrogen-bond donors (Lipinski definition) is 3. The summed E-state index contributed by atoms with van der Waals surface area (Å²) in [4.78, 5) is 68.6. The van der Waals surface area contributed by atoms with Crippen LogP contribution in [-0.4, -0.2) is 125 Å². The zero-order chi connectivity index (χ0) is 50.4. The number of fused-ring (bicyclic) bond motifs is 1. The Labute approximate surface area is 424 Å². The van der Waals surface area contributed by atoms with Gasteiger partial charge >= 0.3 is 0 Å². The predicted octanol–water partition coefficient (Wildman–Crippen LogP) is 7.63. The van der Waals surface area contributed by atoms with Crippen molar-refractivity contribution in [3.63, 3.8) is 0 Å². The second kappa shape index (κ2) is 19.9. The predicted molar refractivity (Wildman–Crippen MR) is 279 cm³/mol. The van der Waals surface area contributed by atoms with Gasteiger partial charge in [-0.15, -0.1) is 0 Å². The van der Waals surface area contributed by atoms with E-state index in [1.807, 2.05) is 31.6 Å². The van der Waals surface area contributed by atoms with Crippen molar-refractivity contribution < 1.29 is 32.9 Å². The third-order valence-corrected chi connectivity index (χ3v) is 16.1. The summed E-state index contributed by atoms with van der Waals surface area (Å²) in [5.41, 5.74) is 6.65. The summed E-state index contributed by atoms with van der Waals surface area (Å²) in [7, 11) is 0.677. The number of anilines is 6. The Kier molecular flexibility index (Phi) is 13.5. The zero-order valence-corrected chi connectivity index (χ0v) is 42.8. The van der Waals surface area contributed by atoms with Crippen molar-refractivity contribution in [3.05, 3.63) is 113 Å². The van der Waals surface area contributed by atoms with Gasteiger partial charge in [-0.1, -0.05) is 24.3 Å². The highest BCUT2D eigenvalue weighted by atomic mass is 79.9. The first-order chi connectivity index (χ1) is 34.6. The second-order valence-corrected chi connectivity index (χ2v) is 23.1. The lowest BCUT2D eigenvalue weighted by Gasteiger charge is -2.40. The summed E-state index contributed by atoms with van der Waals surface area (Å²) in [6.45, 7) is 9.28. The van der Waals surface area contributed by atoms with Gasteiger partial charge in [0, 0.05) is 111 Å². The largest absolute Gasteiger partial charge is 0.494 e. The van der Waals surface area contributed by atoms with Crippen LogP contribution in [0.2, 0.25) is 0 Å². The molecular weight excluding hydrogens is 1000 g/mol. The number of benzene rings is 4. The molecule has 3 fully saturated rings. The molecule has 3 N–H and O–H groups in total. The van der Waals surface area contributed by atoms with Gasteiger partial charge in [0.25, 0.3) is 11.8 Å². The molecule has 0 aliphatic carbocycles. The number of imide groups is 2. The summed E-state index contributed by atoms with van der Waals surface area (Å²) in [5.74, 6) is -0.551. The van der Waals surface area contributed by atoms with E-state index in [1.165, 1.54) is 6.07 Å². The maximum Gasteiger partial charge on any atom is 0.262 e. The van der Waals surface area contributed by atoms with Crippen LogP contribution in [0.25, 0.3) is 22.3 Å². The highest BCUT2D eigenvalue weighted by Gasteiger charge is 2.45. The van der Waals surface area contributed by atoms with Gasteiger partial charge in [-0.25, -0.2) is 9.37 Å². The average Bonchev–Trinajstić information content (AvgIpc) is 3.91. The number of methoxy groups -OCH3 is 1. The molecule has 4 aliphatic rings. The number of aryl methyl sites for hydroxylation is 1. The highest BCUT2D eigenvalue weighted by molar-refractivity contribution is 9.10. The fraction of sp³-hybridized carbons (Fsp3) is 0.327. The number of piperazine rings is 1. The van der Waals surface area contributed by atoms with Gasteiger partial charge in [0.1, 0.15) is 30.6 Å². The van der Waals surface area contributed by atoms with E-state index in [4.69, 9.17) is 9.72 Å². The number of carbonyl (C=O) groups is 4. The first kappa shape index (κ1) is 48.7. The normalized spacial score (nSPS) is 17.9. The Hall–Kier alpha value is -6.95. The van der Waals surface area contributed by atoms with E-state index < -0.39 is 36.8 Å². The number of nitrogens with zero attached hydrogens (tertiary/aromatic N) is 8. The molecule has 4 aromatic carbocycles. The molecule has 4 amide bonds. The fourth-order valence-corrected chi connectivity index (χ4v) is 11.6. The topological polar surface area (TPSA) is 187 Å². The van der Waals surface area contributed by atoms with E-state index in [-0.39, 0.29) is 29.8 Å². The number of amides is 4. The number of carbonyl (C=O) groups excluding carboxylic acids is 4. The summed E-state index contributed by atoms with van der Waals surface area (Å²) in [5, 5.41) is 14.1. The van der Waals surface area contributed by atoms with Gasteiger partial charge in [-0.05, 0) is 102 Å². The lowest BCUT2D eigenvalue weighted by molar-refractivity contribution is -0.136. The molecule has 0 unspecified atom stereocenters. The van der Waals surface area contributed by atoms with Crippen LogP contribution in [0.1, 0.15) is 46.4 Å². The molecule has 6 heterocycles. The van der Waals surface area contributed by atoms with E-state index in [2.05, 4.69) is 62.7 Å². The summed E-state index contributed by atoms with van der Waals surface area (Å²) >= 11 is 3.59. The molecule has 3 saturated heterocycles. The molecule has 0 saturated carbocycles. The maximum atomic E-state index is 14.8. The lowest BCUT2D eigenvalue weighted by atomic mass is 9.94. The van der Waals surface area contributed by atoms with Gasteiger partial charge in [0.2, 0.25) is 17.8 Å². The minimum Gasteiger partial charge on any atom is -0.494 e. The Morgan fingerprint density at radius 1 is 0.806 bits per heavy atom. The first-order valence-corrected chi connectivity index (χ1v) is 27.3. The third kappa shape index (κ3) is 9.84. The van der Waals surface area contributed by atoms with Crippen molar-refractivity contribution in [2.24, 2.45) is 13.0 Å². The van der Waals surface area contributed by atoms with Crippen LogP contribution in [0.5, 0.6) is 5.75 Å². The molecule has 0 radical (unpaired) electrons. The van der Waals surface area contributed by atoms with Gasteiger partial charge in [0.05, 0.1) is 40.3 Å². The molecule has 17 nitrogen and oxygen atoms in total. The minimum atomic E-state index is -2.85. The van der Waals surface area contributed by atoms with Crippen LogP contribution in [0.15, 0.2) is 95.9 Å². The number of ether oxygens (including phenoxy) is 1. The van der Waals surface area contributed by atoms with E-state index in [0.717, 1.165) is 86.1 Å². The average molecular weight is 1060 g/mol. The van der Waals surface area contributed by atoms with Crippen molar-refractivity contribution in [3.8, 4) is 28.0 Å². The number of rotatable bonds is 13. The smallest absolute Gasteiger partial charge is 0.262 e. The molecule has 1 atom stereocenters. The van der Waals surface area contributed by atoms with E-state index >= 15 is 0 Å². The van der Waals surface area contributed by atoms with Gasteiger partial charge in [-0.2, -0.15) is 10.1 Å². The highest BCUT2D eigenvalue weighted by Crippen LogP contribution is 2.43. The van der Waals surface area contributed by atoms with E-state index in [9.17, 15) is 28.1 Å². The van der Waals surface area contributed by atoms with Gasteiger partial charge < -0.3 is 29.7 Å². The van der Waals surface area contributed by atoms with Crippen molar-refractivity contribution >= 4 is 86.5 Å². The lowest BCUT2D eigenvalue weighted by Crippen LogP contribution is -2.54. The molecule has 72 heavy (non-hydrogen) atoms. The second-order valence-electron chi connectivity index (χ2n) is 19.1.